The highest BCUT2D eigenvalue weighted by atomic mass is 32.7. The number of phosphoric ester groups is 1. The third-order valence-corrected chi connectivity index (χ3v) is 14.3. The summed E-state index contributed by atoms with van der Waals surface area (Å²) in [5.41, 5.74) is 6.40. The van der Waals surface area contributed by atoms with Crippen LogP contribution in [0.15, 0.2) is 83.0 Å². The van der Waals surface area contributed by atoms with Gasteiger partial charge in [0, 0.05) is 25.1 Å². The number of ether oxygens (including phenoxy) is 4. The quantitative estimate of drug-likeness (QED) is 0.114. The number of aromatic nitrogens is 6. The van der Waals surface area contributed by atoms with Crippen LogP contribution in [0.1, 0.15) is 33.9 Å². The minimum absolute atomic E-state index is 0. The highest BCUT2D eigenvalue weighted by Crippen LogP contribution is 2.64. The Morgan fingerprint density at radius 2 is 1.69 bits per heavy atom. The molecule has 0 spiro atoms. The number of halogens is 1. The number of nitrogens with one attached hydrogen (secondary N) is 1. The van der Waals surface area contributed by atoms with Crippen LogP contribution >= 0.6 is 26.0 Å². The molecule has 0 saturated carbocycles. The van der Waals surface area contributed by atoms with Gasteiger partial charge in [-0.15, -0.1) is 0 Å². The van der Waals surface area contributed by atoms with E-state index in [4.69, 9.17) is 42.8 Å². The van der Waals surface area contributed by atoms with Gasteiger partial charge in [0.15, 0.2) is 30.1 Å². The lowest BCUT2D eigenvalue weighted by atomic mass is 10.1. The van der Waals surface area contributed by atoms with E-state index in [-0.39, 0.29) is 34.6 Å². The zero-order chi connectivity index (χ0) is 42.3. The number of phosphoric acid groups is 1. The molecule has 1 unspecified atom stereocenters. The Morgan fingerprint density at radius 3 is 2.41 bits per heavy atom. The molecule has 2 aromatic carbocycles. The molecule has 3 aromatic heterocycles. The molecule has 2 bridgehead atoms. The zero-order valence-corrected chi connectivity index (χ0v) is 35.0. The van der Waals surface area contributed by atoms with E-state index in [0.717, 1.165) is 28.7 Å². The number of carbonyl (C=O) groups excluding carboxylic acids is 1. The number of aryl methyl sites for hydroxylation is 1. The first-order valence-electron chi connectivity index (χ1n) is 18.0. The molecule has 22 nitrogen and oxygen atoms in total. The van der Waals surface area contributed by atoms with Gasteiger partial charge in [-0.25, -0.2) is 33.5 Å². The summed E-state index contributed by atoms with van der Waals surface area (Å²) >= 11 is 0.683. The van der Waals surface area contributed by atoms with Crippen molar-refractivity contribution in [1.29, 1.82) is 0 Å². The third-order valence-electron chi connectivity index (χ3n) is 9.71. The molecule has 7 N–H and O–H groups in total. The maximum Gasteiger partial charge on any atom is 0.389 e. The molecule has 0 radical (unpaired) electrons. The summed E-state index contributed by atoms with van der Waals surface area (Å²) in [5, 5.41) is 0. The molecule has 3 aliphatic rings. The lowest BCUT2D eigenvalue weighted by molar-refractivity contribution is -0.236. The molecular formula is C35H39FN8O14P2S. The molecule has 10 atom stereocenters. The SMILES string of the molecule is CO[C@@H]1[C@@H]2O[P@@](=O)(SCc3ccc(OC(=O)c4ccc(C)cc4)cc3)OC[C@H]3O[C@@H](n4cnc5c(N)ncnc54)[C@H](OP(=O)([O-])OC[C@H]2O[C@H]1n1ccc(=O)[nH]c1=O)[C@@H]3F.[NH4+]. The topological polar surface area (TPSA) is 309 Å². The van der Waals surface area contributed by atoms with Crippen molar-refractivity contribution < 1.29 is 60.3 Å². The Morgan fingerprint density at radius 1 is 0.967 bits per heavy atom. The number of aromatic amines is 1. The minimum atomic E-state index is -5.45. The van der Waals surface area contributed by atoms with Crippen LogP contribution in [-0.2, 0) is 47.2 Å². The van der Waals surface area contributed by atoms with Crippen LogP contribution in [0.5, 0.6) is 5.75 Å². The number of alkyl halides is 1. The fourth-order valence-corrected chi connectivity index (χ4v) is 11.0. The van der Waals surface area contributed by atoms with Gasteiger partial charge >= 0.3 is 18.5 Å². The van der Waals surface area contributed by atoms with Crippen LogP contribution < -0.4 is 32.8 Å². The van der Waals surface area contributed by atoms with Crippen LogP contribution in [0.4, 0.5) is 10.2 Å². The van der Waals surface area contributed by atoms with Crippen molar-refractivity contribution in [2.75, 3.05) is 26.1 Å². The van der Waals surface area contributed by atoms with E-state index >= 15 is 4.39 Å². The Labute approximate surface area is 348 Å². The summed E-state index contributed by atoms with van der Waals surface area (Å²) in [4.78, 5) is 65.1. The second-order valence-electron chi connectivity index (χ2n) is 13.7. The van der Waals surface area contributed by atoms with Crippen molar-refractivity contribution in [1.82, 2.24) is 35.2 Å². The molecular weight excluding hydrogens is 869 g/mol. The maximum absolute atomic E-state index is 16.4. The number of nitrogens with zero attached hydrogens (tertiary/aromatic N) is 5. The molecule has 326 valence electrons. The van der Waals surface area contributed by atoms with E-state index < -0.39 is 94.2 Å². The second kappa shape index (κ2) is 18.0. The fourth-order valence-electron chi connectivity index (χ4n) is 6.71. The van der Waals surface area contributed by atoms with Gasteiger partial charge in [-0.2, -0.15) is 0 Å². The fraction of sp³-hybridized carbons (Fsp3) is 0.371. The van der Waals surface area contributed by atoms with E-state index in [1.54, 1.807) is 36.4 Å². The number of hydrogen-bond donors (Lipinski definition) is 3. The summed E-state index contributed by atoms with van der Waals surface area (Å²) in [5.74, 6) is -0.388. The van der Waals surface area contributed by atoms with Crippen LogP contribution in [0.3, 0.4) is 0 Å². The number of quaternary nitrogens is 1. The lowest BCUT2D eigenvalue weighted by Gasteiger charge is -2.31. The highest BCUT2D eigenvalue weighted by Gasteiger charge is 2.54. The first-order valence-corrected chi connectivity index (χ1v) is 22.6. The molecule has 3 aliphatic heterocycles. The first kappa shape index (κ1) is 44.4. The van der Waals surface area contributed by atoms with Crippen molar-refractivity contribution in [3.8, 4) is 5.75 Å². The van der Waals surface area contributed by atoms with E-state index in [2.05, 4.69) is 19.9 Å². The molecule has 3 saturated heterocycles. The van der Waals surface area contributed by atoms with Crippen LogP contribution in [0.2, 0.25) is 0 Å². The average Bonchev–Trinajstić information content (AvgIpc) is 3.89. The van der Waals surface area contributed by atoms with Crippen LogP contribution in [-0.4, -0.2) is 92.1 Å². The van der Waals surface area contributed by atoms with E-state index in [1.807, 2.05) is 6.92 Å². The van der Waals surface area contributed by atoms with Crippen molar-refractivity contribution in [3.05, 3.63) is 111 Å². The number of esters is 1. The second-order valence-corrected chi connectivity index (χ2v) is 19.1. The monoisotopic (exact) mass is 908 g/mol. The molecule has 0 amide bonds. The summed E-state index contributed by atoms with van der Waals surface area (Å²) in [7, 11) is -4.21. The average molecular weight is 909 g/mol. The summed E-state index contributed by atoms with van der Waals surface area (Å²) in [6, 6.07) is 14.2. The van der Waals surface area contributed by atoms with Gasteiger partial charge in [-0.1, -0.05) is 29.8 Å². The Hall–Kier alpha value is -4.68. The van der Waals surface area contributed by atoms with Gasteiger partial charge in [0.2, 0.25) is 0 Å². The number of carbonyl (C=O) groups is 1. The van der Waals surface area contributed by atoms with E-state index in [0.29, 0.717) is 22.5 Å². The first-order chi connectivity index (χ1) is 28.7. The Kier molecular flexibility index (Phi) is 13.1. The summed E-state index contributed by atoms with van der Waals surface area (Å²) in [6.07, 6.45) is -9.47. The van der Waals surface area contributed by atoms with Crippen LogP contribution in [0, 0.1) is 6.92 Å². The molecule has 6 heterocycles. The number of imidazole rings is 1. The van der Waals surface area contributed by atoms with Gasteiger partial charge in [0.1, 0.15) is 48.1 Å². The number of hydrogen-bond acceptors (Lipinski definition) is 19. The Balaban J connectivity index is 0.00000561. The van der Waals surface area contributed by atoms with Gasteiger partial charge in [-0.05, 0) is 48.1 Å². The summed E-state index contributed by atoms with van der Waals surface area (Å²) < 4.78 is 92.7. The van der Waals surface area contributed by atoms with Gasteiger partial charge < -0.3 is 44.8 Å². The predicted octanol–water partition coefficient (Wildman–Crippen LogP) is 3.34. The number of fused-ring (bicyclic) bond motifs is 4. The van der Waals surface area contributed by atoms with E-state index in [1.165, 1.54) is 30.1 Å². The molecule has 61 heavy (non-hydrogen) atoms. The van der Waals surface area contributed by atoms with Crippen molar-refractivity contribution in [2.24, 2.45) is 0 Å². The lowest BCUT2D eigenvalue weighted by Crippen LogP contribution is -2.40. The third kappa shape index (κ3) is 9.40. The van der Waals surface area contributed by atoms with E-state index in [9.17, 15) is 28.4 Å². The number of nitrogen functional groups attached to an aromatic ring is 1. The molecule has 3 fully saturated rings. The normalized spacial score (nSPS) is 30.4. The Bertz CT molecular complexity index is 2600. The highest BCUT2D eigenvalue weighted by molar-refractivity contribution is 8.54. The number of nitrogens with two attached hydrogens (primary N) is 1. The minimum Gasteiger partial charge on any atom is -0.756 e. The molecule has 26 heteroatoms. The number of anilines is 1. The number of methoxy groups -OCH3 is 1. The number of benzene rings is 2. The van der Waals surface area contributed by atoms with Crippen molar-refractivity contribution in [2.45, 2.75) is 61.8 Å². The summed E-state index contributed by atoms with van der Waals surface area (Å²) in [6.45, 7) is -4.26. The van der Waals surface area contributed by atoms with Crippen molar-refractivity contribution >= 4 is 49.0 Å². The molecule has 8 rings (SSSR count). The van der Waals surface area contributed by atoms with Gasteiger partial charge in [-0.3, -0.25) is 32.5 Å². The van der Waals surface area contributed by atoms with Gasteiger partial charge in [0.25, 0.3) is 13.4 Å². The number of H-pyrrole nitrogens is 1. The predicted molar refractivity (Wildman–Crippen MR) is 211 cm³/mol. The smallest absolute Gasteiger partial charge is 0.389 e. The largest absolute Gasteiger partial charge is 0.756 e. The molecule has 5 aromatic rings. The standard InChI is InChI=1S/C35H36FN7O14P2S.H3N/c1-18-3-7-20(8-4-18)34(45)53-21-9-5-19(6-10-21)15-60-59(49)52-13-22-25(36)28(32(54-22)43-17-40-26-30(37)38-16-39-31(26)43)56-58(47,48)51-14-23-27(57-59)29(50-2)33(55-23)42-12-11-24(44)41-35(42)46;/h3-12,16-17,22-23,25,27-29,32-33H,13-15H2,1-2H3,(H,47,48)(H2,37,38,39)(H,41,44,46);1H3/t22-,23-,25-,27-,28-,29-,32-,33-,59+;/m1./s1. The van der Waals surface area contributed by atoms with Crippen LogP contribution in [0.25, 0.3) is 11.2 Å². The van der Waals surface area contributed by atoms with Gasteiger partial charge in [0.05, 0.1) is 25.1 Å². The number of rotatable bonds is 8. The zero-order valence-electron chi connectivity index (χ0n) is 32.4. The van der Waals surface area contributed by atoms with Crippen molar-refractivity contribution in [3.63, 3.8) is 0 Å². The molecule has 0 aliphatic carbocycles. The maximum atomic E-state index is 16.4.